The van der Waals surface area contributed by atoms with E-state index in [-0.39, 0.29) is 29.6 Å². The van der Waals surface area contributed by atoms with E-state index in [1.807, 2.05) is 32.9 Å². The number of aryl methyl sites for hydroxylation is 4. The van der Waals surface area contributed by atoms with Crippen LogP contribution in [-0.2, 0) is 21.9 Å². The summed E-state index contributed by atoms with van der Waals surface area (Å²) >= 11 is 1.68. The van der Waals surface area contributed by atoms with Gasteiger partial charge in [0.2, 0.25) is 0 Å². The molecule has 6 rings (SSSR count). The Bertz CT molecular complexity index is 2450. The Morgan fingerprint density at radius 1 is 0.603 bits per heavy atom. The maximum atomic E-state index is 13.1. The van der Waals surface area contributed by atoms with Crippen LogP contribution < -0.4 is 14.2 Å². The fourth-order valence-electron chi connectivity index (χ4n) is 8.00. The molecule has 368 valence electrons. The summed E-state index contributed by atoms with van der Waals surface area (Å²) in [6.45, 7) is 11.3. The van der Waals surface area contributed by atoms with Crippen molar-refractivity contribution in [1.82, 2.24) is 0 Å². The van der Waals surface area contributed by atoms with Crippen molar-refractivity contribution >= 4 is 45.6 Å². The van der Waals surface area contributed by atoms with Crippen molar-refractivity contribution in [2.75, 3.05) is 25.6 Å². The van der Waals surface area contributed by atoms with Crippen molar-refractivity contribution in [3.05, 3.63) is 118 Å². The molecule has 0 saturated carbocycles. The maximum Gasteiger partial charge on any atom is 0.416 e. The predicted molar refractivity (Wildman–Crippen MR) is 251 cm³/mol. The van der Waals surface area contributed by atoms with Gasteiger partial charge in [-0.05, 0) is 142 Å². The highest BCUT2D eigenvalue weighted by Gasteiger charge is 2.33. The molecule has 0 saturated heterocycles. The molecular weight excluding hydrogens is 915 g/mol. The average molecular weight is 973 g/mol. The number of ether oxygens (including phenoxy) is 3. The second-order valence-electron chi connectivity index (χ2n) is 16.8. The number of hydrogen-bond acceptors (Lipinski definition) is 8. The van der Waals surface area contributed by atoms with Crippen molar-refractivity contribution in [3.63, 3.8) is 0 Å². The van der Waals surface area contributed by atoms with Gasteiger partial charge in [0, 0.05) is 27.5 Å². The van der Waals surface area contributed by atoms with Gasteiger partial charge in [0.25, 0.3) is 0 Å². The van der Waals surface area contributed by atoms with E-state index in [9.17, 15) is 35.9 Å². The predicted octanol–water partition coefficient (Wildman–Crippen LogP) is 15.3. The molecule has 0 aliphatic carbocycles. The molecule has 0 radical (unpaired) electrons. The van der Waals surface area contributed by atoms with Crippen LogP contribution in [0.1, 0.15) is 122 Å². The number of alkyl halides is 6. The van der Waals surface area contributed by atoms with Crippen LogP contribution in [-0.4, -0.2) is 47.7 Å². The first kappa shape index (κ1) is 53.2. The van der Waals surface area contributed by atoms with E-state index in [1.54, 1.807) is 43.0 Å². The Balaban J connectivity index is 0.000000254. The molecule has 0 amide bonds. The van der Waals surface area contributed by atoms with Crippen LogP contribution >= 0.6 is 11.8 Å². The SMILES string of the molecule is CCCCC(CCOc1ccc(OCC(=O)O)c(C)c1)c1oc2cc(C(F)(F)F)ccc2c1C.CCCCC(CCSc1ccc(OCC(=O)O)c(C)c1)c1oc2cc(C(F)(F)F)ccc2c1C. The summed E-state index contributed by atoms with van der Waals surface area (Å²) in [5.41, 5.74) is 2.50. The fourth-order valence-corrected chi connectivity index (χ4v) is 9.06. The topological polar surface area (TPSA) is 129 Å². The zero-order valence-corrected chi connectivity index (χ0v) is 39.8. The Kier molecular flexibility index (Phi) is 18.8. The number of furan rings is 2. The van der Waals surface area contributed by atoms with Crippen molar-refractivity contribution in [1.29, 1.82) is 0 Å². The van der Waals surface area contributed by atoms with Gasteiger partial charge in [-0.2, -0.15) is 26.3 Å². The number of carboxylic acid groups (broad SMARTS) is 2. The molecule has 0 aliphatic rings. The first-order valence-electron chi connectivity index (χ1n) is 22.6. The number of halogens is 6. The fraction of sp³-hybridized carbons (Fsp3) is 0.423. The minimum absolute atomic E-state index is 0.0148. The molecule has 0 aliphatic heterocycles. The highest BCUT2D eigenvalue weighted by Crippen LogP contribution is 2.41. The van der Waals surface area contributed by atoms with Crippen LogP contribution in [0.2, 0.25) is 0 Å². The normalized spacial score (nSPS) is 12.7. The van der Waals surface area contributed by atoms with Crippen LogP contribution in [0.25, 0.3) is 21.9 Å². The third-order valence-electron chi connectivity index (χ3n) is 11.6. The van der Waals surface area contributed by atoms with Crippen LogP contribution in [0.3, 0.4) is 0 Å². The Morgan fingerprint density at radius 3 is 1.51 bits per heavy atom. The van der Waals surface area contributed by atoms with Gasteiger partial charge in [0.1, 0.15) is 39.9 Å². The van der Waals surface area contributed by atoms with Crippen molar-refractivity contribution in [3.8, 4) is 17.2 Å². The van der Waals surface area contributed by atoms with Crippen molar-refractivity contribution < 1.29 is 69.2 Å². The molecule has 4 aromatic carbocycles. The minimum Gasteiger partial charge on any atom is -0.494 e. The summed E-state index contributed by atoms with van der Waals surface area (Å²) in [5, 5.41) is 18.9. The van der Waals surface area contributed by atoms with Crippen LogP contribution in [0.15, 0.2) is 86.5 Å². The summed E-state index contributed by atoms with van der Waals surface area (Å²) < 4.78 is 107. The van der Waals surface area contributed by atoms with Gasteiger partial charge in [0.05, 0.1) is 17.7 Å². The molecular formula is C52H58F6O9S. The van der Waals surface area contributed by atoms with Gasteiger partial charge in [-0.25, -0.2) is 9.59 Å². The quantitative estimate of drug-likeness (QED) is 0.0501. The highest BCUT2D eigenvalue weighted by molar-refractivity contribution is 7.99. The van der Waals surface area contributed by atoms with Crippen LogP contribution in [0.5, 0.6) is 17.2 Å². The zero-order chi connectivity index (χ0) is 49.8. The van der Waals surface area contributed by atoms with E-state index in [1.165, 1.54) is 12.1 Å². The molecule has 0 spiro atoms. The lowest BCUT2D eigenvalue weighted by Gasteiger charge is -2.16. The lowest BCUT2D eigenvalue weighted by atomic mass is 9.93. The Morgan fingerprint density at radius 2 is 1.07 bits per heavy atom. The molecule has 68 heavy (non-hydrogen) atoms. The second kappa shape index (κ2) is 24.0. The molecule has 2 heterocycles. The van der Waals surface area contributed by atoms with Gasteiger partial charge in [0.15, 0.2) is 13.2 Å². The third kappa shape index (κ3) is 14.6. The van der Waals surface area contributed by atoms with Gasteiger partial charge in [-0.1, -0.05) is 51.7 Å². The van der Waals surface area contributed by atoms with Gasteiger partial charge >= 0.3 is 24.3 Å². The molecule has 2 atom stereocenters. The van der Waals surface area contributed by atoms with Crippen molar-refractivity contribution in [2.45, 2.75) is 122 Å². The van der Waals surface area contributed by atoms with E-state index in [4.69, 9.17) is 33.3 Å². The van der Waals surface area contributed by atoms with Crippen LogP contribution in [0, 0.1) is 27.7 Å². The molecule has 6 aromatic rings. The van der Waals surface area contributed by atoms with Gasteiger partial charge in [-0.15, -0.1) is 11.8 Å². The number of aliphatic carboxylic acids is 2. The Labute approximate surface area is 396 Å². The standard InChI is InChI=1S/C26H29F3O5.C26H29F3O4S/c1-4-5-6-18(11-12-32-20-8-10-22(16(2)13-20)33-15-24(30)31)25-17(3)21-9-7-19(26(27,28)29)14-23(21)34-25;1-4-5-6-18(11-12-34-20-8-10-22(16(2)13-20)32-15-24(30)31)25-17(3)21-9-7-19(26(27,28)29)14-23(21)33-25/h2*7-10,13-14,18H,4-6,11-12,15H2,1-3H3,(H,30,31). The smallest absolute Gasteiger partial charge is 0.416 e. The monoisotopic (exact) mass is 972 g/mol. The summed E-state index contributed by atoms with van der Waals surface area (Å²) in [6, 6.07) is 18.1. The molecule has 0 fully saturated rings. The number of rotatable bonds is 22. The number of hydrogen-bond donors (Lipinski definition) is 2. The Hall–Kier alpha value is -5.77. The third-order valence-corrected chi connectivity index (χ3v) is 12.7. The molecule has 16 heteroatoms. The van der Waals surface area contributed by atoms with Crippen molar-refractivity contribution in [2.24, 2.45) is 0 Å². The lowest BCUT2D eigenvalue weighted by molar-refractivity contribution is -0.140. The number of fused-ring (bicyclic) bond motifs is 2. The molecule has 2 unspecified atom stereocenters. The van der Waals surface area contributed by atoms with Gasteiger partial charge < -0.3 is 33.3 Å². The minimum atomic E-state index is -4.42. The first-order chi connectivity index (χ1) is 32.2. The number of carboxylic acids is 2. The maximum absolute atomic E-state index is 13.1. The number of carbonyl (C=O) groups is 2. The lowest BCUT2D eigenvalue weighted by Crippen LogP contribution is -2.10. The number of unbranched alkanes of at least 4 members (excludes halogenated alkanes) is 2. The van der Waals surface area contributed by atoms with Gasteiger partial charge in [-0.3, -0.25) is 0 Å². The zero-order valence-electron chi connectivity index (χ0n) is 39.0. The molecule has 9 nitrogen and oxygen atoms in total. The molecule has 2 N–H and O–H groups in total. The summed E-state index contributed by atoms with van der Waals surface area (Å²) in [5.74, 6) is 2.01. The highest BCUT2D eigenvalue weighted by atomic mass is 32.2. The summed E-state index contributed by atoms with van der Waals surface area (Å²) in [4.78, 5) is 22.4. The van der Waals surface area contributed by atoms with E-state index < -0.39 is 42.0 Å². The second-order valence-corrected chi connectivity index (χ2v) is 17.9. The average Bonchev–Trinajstić information content (AvgIpc) is 3.79. The van der Waals surface area contributed by atoms with Crippen LogP contribution in [0.4, 0.5) is 26.3 Å². The van der Waals surface area contributed by atoms with E-state index in [0.29, 0.717) is 41.4 Å². The van der Waals surface area contributed by atoms with E-state index >= 15 is 0 Å². The van der Waals surface area contributed by atoms with E-state index in [0.717, 1.165) is 113 Å². The summed E-state index contributed by atoms with van der Waals surface area (Å²) in [6.07, 6.45) is -1.62. The largest absolute Gasteiger partial charge is 0.494 e. The number of thioether (sulfide) groups is 1. The first-order valence-corrected chi connectivity index (χ1v) is 23.5. The molecule has 2 aromatic heterocycles. The molecule has 0 bridgehead atoms. The van der Waals surface area contributed by atoms with E-state index in [2.05, 4.69) is 13.8 Å². The summed E-state index contributed by atoms with van der Waals surface area (Å²) in [7, 11) is 0. The number of benzene rings is 4.